The zero-order chi connectivity index (χ0) is 16.5. The van der Waals surface area contributed by atoms with Crippen molar-refractivity contribution in [1.29, 1.82) is 0 Å². The maximum Gasteiger partial charge on any atom is 0.128 e. The number of fused-ring (bicyclic) bond motifs is 1. The smallest absolute Gasteiger partial charge is 0.128 e. The van der Waals surface area contributed by atoms with E-state index in [4.69, 9.17) is 4.74 Å². The first-order valence-corrected chi connectivity index (χ1v) is 8.58. The molecule has 0 spiro atoms. The van der Waals surface area contributed by atoms with E-state index in [1.54, 1.807) is 4.68 Å². The Balaban J connectivity index is 1.61. The molecule has 0 bridgehead atoms. The highest BCUT2D eigenvalue weighted by Crippen LogP contribution is 2.32. The average molecular weight is 333 g/mol. The first-order chi connectivity index (χ1) is 11.7. The summed E-state index contributed by atoms with van der Waals surface area (Å²) in [5, 5.41) is 8.13. The summed E-state index contributed by atoms with van der Waals surface area (Å²) in [6.07, 6.45) is 6.86. The van der Waals surface area contributed by atoms with Crippen molar-refractivity contribution in [3.63, 3.8) is 0 Å². The minimum absolute atomic E-state index is 0.254. The number of aromatic nitrogens is 2. The second-order valence-corrected chi connectivity index (χ2v) is 6.58. The standard InChI is InChI=1S/C18H21F2N3O/c19-12-8-13(20)10-15(9-12)23-18-3-1-2-17(16(18)11-21-23)22-14-4-6-24-7-5-14/h8-11,14,17,22H,1-7H2. The van der Waals surface area contributed by atoms with Gasteiger partial charge in [-0.1, -0.05) is 0 Å². The Kier molecular flexibility index (Phi) is 4.33. The van der Waals surface area contributed by atoms with Crippen molar-refractivity contribution in [2.45, 2.75) is 44.2 Å². The fourth-order valence-corrected chi connectivity index (χ4v) is 3.76. The van der Waals surface area contributed by atoms with Crippen LogP contribution in [0, 0.1) is 11.6 Å². The van der Waals surface area contributed by atoms with Gasteiger partial charge in [0.05, 0.1) is 11.9 Å². The van der Waals surface area contributed by atoms with Crippen LogP contribution in [-0.4, -0.2) is 29.0 Å². The quantitative estimate of drug-likeness (QED) is 0.937. The van der Waals surface area contributed by atoms with Gasteiger partial charge in [0.2, 0.25) is 0 Å². The Morgan fingerprint density at radius 2 is 1.83 bits per heavy atom. The molecular formula is C18H21F2N3O. The molecule has 1 aliphatic heterocycles. The van der Waals surface area contributed by atoms with Crippen LogP contribution in [0.15, 0.2) is 24.4 Å². The Hall–Kier alpha value is -1.79. The largest absolute Gasteiger partial charge is 0.381 e. The second-order valence-electron chi connectivity index (χ2n) is 6.58. The fourth-order valence-electron chi connectivity index (χ4n) is 3.76. The molecule has 24 heavy (non-hydrogen) atoms. The van der Waals surface area contributed by atoms with E-state index in [1.165, 1.54) is 12.1 Å². The van der Waals surface area contributed by atoms with Gasteiger partial charge in [-0.15, -0.1) is 0 Å². The molecule has 0 radical (unpaired) electrons. The number of hydrogen-bond donors (Lipinski definition) is 1. The highest BCUT2D eigenvalue weighted by molar-refractivity contribution is 5.38. The van der Waals surface area contributed by atoms with Gasteiger partial charge in [-0.2, -0.15) is 5.10 Å². The monoisotopic (exact) mass is 333 g/mol. The third kappa shape index (κ3) is 3.08. The van der Waals surface area contributed by atoms with Gasteiger partial charge in [-0.3, -0.25) is 0 Å². The van der Waals surface area contributed by atoms with Crippen molar-refractivity contribution in [2.75, 3.05) is 13.2 Å². The van der Waals surface area contributed by atoms with E-state index in [2.05, 4.69) is 10.4 Å². The maximum absolute atomic E-state index is 13.5. The number of nitrogens with zero attached hydrogens (tertiary/aromatic N) is 2. The molecule has 1 aliphatic carbocycles. The van der Waals surface area contributed by atoms with Gasteiger partial charge in [0.25, 0.3) is 0 Å². The van der Waals surface area contributed by atoms with Crippen LogP contribution in [0.2, 0.25) is 0 Å². The van der Waals surface area contributed by atoms with E-state index in [1.807, 2.05) is 6.20 Å². The topological polar surface area (TPSA) is 39.1 Å². The average Bonchev–Trinajstić information content (AvgIpc) is 3.00. The molecule has 2 aliphatic rings. The fraction of sp³-hybridized carbons (Fsp3) is 0.500. The molecule has 0 saturated carbocycles. The maximum atomic E-state index is 13.5. The summed E-state index contributed by atoms with van der Waals surface area (Å²) >= 11 is 0. The number of benzene rings is 1. The zero-order valence-electron chi connectivity index (χ0n) is 13.5. The number of halogens is 2. The molecule has 1 N–H and O–H groups in total. The van der Waals surface area contributed by atoms with E-state index in [-0.39, 0.29) is 6.04 Å². The van der Waals surface area contributed by atoms with E-state index >= 15 is 0 Å². The number of hydrogen-bond acceptors (Lipinski definition) is 3. The van der Waals surface area contributed by atoms with Crippen LogP contribution >= 0.6 is 0 Å². The number of rotatable bonds is 3. The molecule has 2 heterocycles. The molecule has 128 valence electrons. The summed E-state index contributed by atoms with van der Waals surface area (Å²) in [6.45, 7) is 1.61. The Morgan fingerprint density at radius 1 is 1.08 bits per heavy atom. The van der Waals surface area contributed by atoms with Crippen molar-refractivity contribution in [2.24, 2.45) is 0 Å². The van der Waals surface area contributed by atoms with Crippen LogP contribution in [0.25, 0.3) is 5.69 Å². The Bertz CT molecular complexity index is 705. The third-order valence-electron chi connectivity index (χ3n) is 4.93. The van der Waals surface area contributed by atoms with Crippen molar-refractivity contribution >= 4 is 0 Å². The second kappa shape index (κ2) is 6.61. The van der Waals surface area contributed by atoms with Gasteiger partial charge in [0.1, 0.15) is 11.6 Å². The molecule has 4 nitrogen and oxygen atoms in total. The summed E-state index contributed by atoms with van der Waals surface area (Å²) in [4.78, 5) is 0. The molecule has 1 unspecified atom stereocenters. The van der Waals surface area contributed by atoms with Crippen LogP contribution in [0.3, 0.4) is 0 Å². The molecule has 1 saturated heterocycles. The van der Waals surface area contributed by atoms with Crippen LogP contribution in [-0.2, 0) is 11.2 Å². The molecule has 2 aromatic rings. The molecule has 4 rings (SSSR count). The number of nitrogens with one attached hydrogen (secondary N) is 1. The lowest BCUT2D eigenvalue weighted by atomic mass is 9.91. The van der Waals surface area contributed by atoms with Crippen LogP contribution in [0.4, 0.5) is 8.78 Å². The molecule has 1 atom stereocenters. The van der Waals surface area contributed by atoms with Crippen LogP contribution < -0.4 is 5.32 Å². The molecule has 1 aromatic heterocycles. The predicted octanol–water partition coefficient (Wildman–Crippen LogP) is 3.30. The van der Waals surface area contributed by atoms with Crippen molar-refractivity contribution in [3.8, 4) is 5.69 Å². The van der Waals surface area contributed by atoms with Gasteiger partial charge < -0.3 is 10.1 Å². The van der Waals surface area contributed by atoms with Gasteiger partial charge in [0, 0.05) is 42.6 Å². The molecule has 1 fully saturated rings. The van der Waals surface area contributed by atoms with E-state index in [0.717, 1.165) is 62.6 Å². The molecule has 0 amide bonds. The Labute approximate surface area is 139 Å². The third-order valence-corrected chi connectivity index (χ3v) is 4.93. The number of ether oxygens (including phenoxy) is 1. The van der Waals surface area contributed by atoms with Crippen molar-refractivity contribution in [3.05, 3.63) is 47.3 Å². The molecule has 1 aromatic carbocycles. The summed E-state index contributed by atoms with van der Waals surface area (Å²) in [6, 6.07) is 4.25. The minimum atomic E-state index is -0.582. The van der Waals surface area contributed by atoms with Crippen molar-refractivity contribution < 1.29 is 13.5 Å². The SMILES string of the molecule is Fc1cc(F)cc(-n2ncc3c2CCCC3NC2CCOCC2)c1. The highest BCUT2D eigenvalue weighted by Gasteiger charge is 2.27. The van der Waals surface area contributed by atoms with Gasteiger partial charge in [-0.05, 0) is 44.2 Å². The first kappa shape index (κ1) is 15.7. The Morgan fingerprint density at radius 3 is 2.58 bits per heavy atom. The summed E-state index contributed by atoms with van der Waals surface area (Å²) < 4.78 is 34.2. The van der Waals surface area contributed by atoms with E-state index in [9.17, 15) is 8.78 Å². The molecule has 6 heteroatoms. The van der Waals surface area contributed by atoms with Gasteiger partial charge in [0.15, 0.2) is 0 Å². The van der Waals surface area contributed by atoms with E-state index in [0.29, 0.717) is 11.7 Å². The normalized spacial score (nSPS) is 21.7. The molecular weight excluding hydrogens is 312 g/mol. The lowest BCUT2D eigenvalue weighted by Gasteiger charge is -2.31. The highest BCUT2D eigenvalue weighted by atomic mass is 19.1. The zero-order valence-corrected chi connectivity index (χ0v) is 13.5. The van der Waals surface area contributed by atoms with Crippen LogP contribution in [0.5, 0.6) is 0 Å². The lowest BCUT2D eigenvalue weighted by Crippen LogP contribution is -2.38. The minimum Gasteiger partial charge on any atom is -0.381 e. The first-order valence-electron chi connectivity index (χ1n) is 8.58. The summed E-state index contributed by atoms with van der Waals surface area (Å²) in [5.41, 5.74) is 2.65. The lowest BCUT2D eigenvalue weighted by molar-refractivity contribution is 0.0741. The van der Waals surface area contributed by atoms with Gasteiger partial charge in [-0.25, -0.2) is 13.5 Å². The predicted molar refractivity (Wildman–Crippen MR) is 86.1 cm³/mol. The summed E-state index contributed by atoms with van der Waals surface area (Å²) in [5.74, 6) is -1.16. The van der Waals surface area contributed by atoms with Gasteiger partial charge >= 0.3 is 0 Å². The van der Waals surface area contributed by atoms with E-state index < -0.39 is 11.6 Å². The summed E-state index contributed by atoms with van der Waals surface area (Å²) in [7, 11) is 0. The van der Waals surface area contributed by atoms with Crippen LogP contribution in [0.1, 0.15) is 43.0 Å². The van der Waals surface area contributed by atoms with Crippen molar-refractivity contribution in [1.82, 2.24) is 15.1 Å².